The maximum absolute atomic E-state index is 14.1. The molecule has 12 nitrogen and oxygen atoms in total. The minimum absolute atomic E-state index is 0.00829. The number of imidazole rings is 1. The van der Waals surface area contributed by atoms with Crippen LogP contribution in [-0.2, 0) is 16.8 Å². The molecule has 5 rings (SSSR count). The molecule has 1 N–H and O–H groups in total. The van der Waals surface area contributed by atoms with Gasteiger partial charge in [-0.3, -0.25) is 4.31 Å². The van der Waals surface area contributed by atoms with E-state index < -0.39 is 34.4 Å². The van der Waals surface area contributed by atoms with E-state index in [4.69, 9.17) is 4.42 Å². The molecule has 0 saturated carbocycles. The molecular formula is C22H20F3N7O5S. The zero-order valence-electron chi connectivity index (χ0n) is 19.5. The molecule has 0 aliphatic carbocycles. The summed E-state index contributed by atoms with van der Waals surface area (Å²) in [4.78, 5) is 16.8. The highest BCUT2D eigenvalue weighted by atomic mass is 32.2. The first kappa shape index (κ1) is 25.5. The van der Waals surface area contributed by atoms with Crippen LogP contribution in [0.15, 0.2) is 53.2 Å². The van der Waals surface area contributed by atoms with Gasteiger partial charge in [-0.25, -0.2) is 14.2 Å². The van der Waals surface area contributed by atoms with Crippen molar-refractivity contribution in [2.24, 2.45) is 0 Å². The minimum atomic E-state index is -4.21. The molecule has 1 aliphatic rings. The van der Waals surface area contributed by atoms with Gasteiger partial charge in [-0.05, 0) is 30.3 Å². The number of rotatable bonds is 7. The highest BCUT2D eigenvalue weighted by Crippen LogP contribution is 2.27. The van der Waals surface area contributed by atoms with Crippen LogP contribution in [0.4, 0.5) is 23.7 Å². The normalized spacial score (nSPS) is 14.9. The molecule has 0 bridgehead atoms. The van der Waals surface area contributed by atoms with E-state index in [0.29, 0.717) is 16.9 Å². The Hall–Kier alpha value is -4.18. The Morgan fingerprint density at radius 2 is 1.89 bits per heavy atom. The number of carbonyl (C=O) groups is 1. The number of alkyl halides is 2. The fraction of sp³-hybridized carbons (Fsp3) is 0.273. The van der Waals surface area contributed by atoms with E-state index in [0.717, 1.165) is 19.6 Å². The first-order valence-electron chi connectivity index (χ1n) is 11.2. The molecule has 4 heterocycles. The van der Waals surface area contributed by atoms with Crippen LogP contribution in [0.25, 0.3) is 17.1 Å². The lowest BCUT2D eigenvalue weighted by Gasteiger charge is -2.36. The second-order valence-corrected chi connectivity index (χ2v) is 10.2. The fourth-order valence-electron chi connectivity index (χ4n) is 4.02. The van der Waals surface area contributed by atoms with E-state index in [-0.39, 0.29) is 44.3 Å². The Morgan fingerprint density at radius 3 is 2.55 bits per heavy atom. The number of hydrogen-bond donors (Lipinski definition) is 1. The van der Waals surface area contributed by atoms with Crippen molar-refractivity contribution < 1.29 is 35.9 Å². The number of halogens is 3. The maximum Gasteiger partial charge on any atom is 0.407 e. The van der Waals surface area contributed by atoms with Crippen LogP contribution in [0.1, 0.15) is 18.0 Å². The quantitative estimate of drug-likeness (QED) is 0.370. The molecule has 1 aromatic carbocycles. The van der Waals surface area contributed by atoms with E-state index in [1.54, 1.807) is 22.9 Å². The monoisotopic (exact) mass is 551 g/mol. The van der Waals surface area contributed by atoms with Crippen LogP contribution in [0, 0.1) is 5.82 Å². The summed E-state index contributed by atoms with van der Waals surface area (Å²) in [6.07, 6.45) is -0.915. The van der Waals surface area contributed by atoms with E-state index in [1.165, 1.54) is 24.3 Å². The van der Waals surface area contributed by atoms with E-state index in [9.17, 15) is 31.5 Å². The molecule has 200 valence electrons. The van der Waals surface area contributed by atoms with Gasteiger partial charge < -0.3 is 18.8 Å². The smallest absolute Gasteiger partial charge is 0.407 e. The van der Waals surface area contributed by atoms with Crippen molar-refractivity contribution >= 4 is 27.6 Å². The Balaban J connectivity index is 1.45. The molecule has 4 aromatic rings. The van der Waals surface area contributed by atoms with Gasteiger partial charge in [0, 0.05) is 44.1 Å². The number of pyridine rings is 1. The Kier molecular flexibility index (Phi) is 6.66. The predicted molar refractivity (Wildman–Crippen MR) is 126 cm³/mol. The molecule has 1 saturated heterocycles. The SMILES string of the molecule is O=C(O)N1CCN(S(=O)(=O)N(Cc2cn3ccc(-c4nnc(C(F)F)o4)cc3n2)c2cccc(F)c2)CC1. The number of carboxylic acid groups (broad SMARTS) is 1. The highest BCUT2D eigenvalue weighted by Gasteiger charge is 2.34. The first-order chi connectivity index (χ1) is 18.1. The number of amides is 1. The Labute approximate surface area is 213 Å². The average Bonchev–Trinajstić information content (AvgIpc) is 3.54. The number of fused-ring (bicyclic) bond motifs is 1. The number of benzene rings is 1. The van der Waals surface area contributed by atoms with Crippen LogP contribution in [0.5, 0.6) is 0 Å². The number of nitrogens with zero attached hydrogens (tertiary/aromatic N) is 7. The number of aromatic nitrogens is 4. The predicted octanol–water partition coefficient (Wildman–Crippen LogP) is 3.01. The molecule has 1 amide bonds. The lowest BCUT2D eigenvalue weighted by atomic mass is 10.2. The lowest BCUT2D eigenvalue weighted by molar-refractivity contribution is 0.116. The highest BCUT2D eigenvalue weighted by molar-refractivity contribution is 7.90. The second kappa shape index (κ2) is 9.94. The Morgan fingerprint density at radius 1 is 1.13 bits per heavy atom. The van der Waals surface area contributed by atoms with Crippen LogP contribution in [0.3, 0.4) is 0 Å². The van der Waals surface area contributed by atoms with Gasteiger partial charge in [0.2, 0.25) is 5.89 Å². The number of piperazine rings is 1. The summed E-state index contributed by atoms with van der Waals surface area (Å²) in [6, 6.07) is 8.14. The van der Waals surface area contributed by atoms with Gasteiger partial charge >= 0.3 is 22.7 Å². The summed E-state index contributed by atoms with van der Waals surface area (Å²) < 4.78 is 75.6. The van der Waals surface area contributed by atoms with Crippen molar-refractivity contribution in [3.05, 3.63) is 66.2 Å². The van der Waals surface area contributed by atoms with Gasteiger partial charge in [0.15, 0.2) is 0 Å². The van der Waals surface area contributed by atoms with Gasteiger partial charge in [-0.15, -0.1) is 10.2 Å². The Bertz CT molecular complexity index is 1580. The first-order valence-corrected chi connectivity index (χ1v) is 12.6. The average molecular weight is 552 g/mol. The minimum Gasteiger partial charge on any atom is -0.465 e. The van der Waals surface area contributed by atoms with Crippen LogP contribution in [0.2, 0.25) is 0 Å². The van der Waals surface area contributed by atoms with E-state index >= 15 is 0 Å². The van der Waals surface area contributed by atoms with Gasteiger partial charge in [0.05, 0.1) is 17.9 Å². The molecule has 1 fully saturated rings. The maximum atomic E-state index is 14.1. The van der Waals surface area contributed by atoms with Crippen LogP contribution in [-0.4, -0.2) is 74.6 Å². The third kappa shape index (κ3) is 4.99. The van der Waals surface area contributed by atoms with Crippen molar-refractivity contribution in [2.45, 2.75) is 13.0 Å². The second-order valence-electron chi connectivity index (χ2n) is 8.32. The molecule has 38 heavy (non-hydrogen) atoms. The van der Waals surface area contributed by atoms with Crippen molar-refractivity contribution in [3.63, 3.8) is 0 Å². The molecular weight excluding hydrogens is 531 g/mol. The topological polar surface area (TPSA) is 137 Å². The van der Waals surface area contributed by atoms with Gasteiger partial charge in [0.1, 0.15) is 11.5 Å². The van der Waals surface area contributed by atoms with Gasteiger partial charge in [-0.1, -0.05) is 6.07 Å². The molecule has 3 aromatic heterocycles. The fourth-order valence-corrected chi connectivity index (χ4v) is 5.60. The van der Waals surface area contributed by atoms with Crippen molar-refractivity contribution in [2.75, 3.05) is 30.5 Å². The van der Waals surface area contributed by atoms with Crippen molar-refractivity contribution in [3.8, 4) is 11.5 Å². The largest absolute Gasteiger partial charge is 0.465 e. The van der Waals surface area contributed by atoms with Crippen molar-refractivity contribution in [1.82, 2.24) is 28.8 Å². The third-order valence-corrected chi connectivity index (χ3v) is 7.81. The molecule has 0 radical (unpaired) electrons. The van der Waals surface area contributed by atoms with Gasteiger partial charge in [-0.2, -0.15) is 21.5 Å². The van der Waals surface area contributed by atoms with Crippen LogP contribution < -0.4 is 4.31 Å². The van der Waals surface area contributed by atoms with E-state index in [1.807, 2.05) is 0 Å². The molecule has 16 heteroatoms. The zero-order chi connectivity index (χ0) is 27.0. The zero-order valence-corrected chi connectivity index (χ0v) is 20.3. The van der Waals surface area contributed by atoms with Crippen molar-refractivity contribution in [1.29, 1.82) is 0 Å². The van der Waals surface area contributed by atoms with Crippen LogP contribution >= 0.6 is 0 Å². The number of hydrogen-bond acceptors (Lipinski definition) is 7. The van der Waals surface area contributed by atoms with Gasteiger partial charge in [0.25, 0.3) is 5.89 Å². The lowest BCUT2D eigenvalue weighted by Crippen LogP contribution is -2.54. The summed E-state index contributed by atoms with van der Waals surface area (Å²) in [5.74, 6) is -1.58. The molecule has 0 atom stereocenters. The molecule has 0 unspecified atom stereocenters. The number of anilines is 1. The summed E-state index contributed by atoms with van der Waals surface area (Å²) in [5.41, 5.74) is 1.05. The van der Waals surface area contributed by atoms with E-state index in [2.05, 4.69) is 15.2 Å². The summed E-state index contributed by atoms with van der Waals surface area (Å²) in [5, 5.41) is 16.1. The summed E-state index contributed by atoms with van der Waals surface area (Å²) in [6.45, 7) is -0.422. The molecule has 1 aliphatic heterocycles. The molecule has 0 spiro atoms. The standard InChI is InChI=1S/C22H20F3N7O5S/c23-15-2-1-3-17(11-15)32(38(35,36)31-8-6-29(7-9-31)22(33)34)13-16-12-30-5-4-14(10-18(30)26-16)20-27-28-21(37-20)19(24)25/h1-5,10-12,19H,6-9,13H2,(H,33,34). The summed E-state index contributed by atoms with van der Waals surface area (Å²) >= 11 is 0. The summed E-state index contributed by atoms with van der Waals surface area (Å²) in [7, 11) is -4.21. The third-order valence-electron chi connectivity index (χ3n) is 5.90.